The summed E-state index contributed by atoms with van der Waals surface area (Å²) in [4.78, 5) is 14.0. The van der Waals surface area contributed by atoms with Crippen LogP contribution in [0.3, 0.4) is 0 Å². The third-order valence-electron chi connectivity index (χ3n) is 5.45. The van der Waals surface area contributed by atoms with Crippen LogP contribution < -0.4 is 14.8 Å². The molecule has 0 unspecified atom stereocenters. The van der Waals surface area contributed by atoms with Crippen molar-refractivity contribution < 1.29 is 14.0 Å². The largest absolute Gasteiger partial charge is 0.493 e. The normalized spacial score (nSPS) is 14.8. The van der Waals surface area contributed by atoms with Gasteiger partial charge in [-0.15, -0.1) is 24.0 Å². The van der Waals surface area contributed by atoms with E-state index in [0.29, 0.717) is 18.9 Å². The third kappa shape index (κ3) is 7.73. The zero-order valence-corrected chi connectivity index (χ0v) is 22.7. The fraction of sp³-hybridized carbons (Fsp3) is 0.609. The Balaban J connectivity index is 0.00000385. The standard InChI is InChI=1S/C23H36N6O3.HI/c1-6-24-23(25-10-9-21-26-22(17(2)3)27-32-21)29-13-11-28(12-14-29)16-18-7-8-19(30-4)20(15-18)31-5;/h7-8,15,17H,6,9-14,16H2,1-5H3,(H,24,25);1H. The smallest absolute Gasteiger partial charge is 0.228 e. The predicted octanol–water partition coefficient (Wildman–Crippen LogP) is 3.15. The number of halogens is 1. The van der Waals surface area contributed by atoms with Crippen LogP contribution in [-0.4, -0.2) is 79.4 Å². The molecule has 0 spiro atoms. The van der Waals surface area contributed by atoms with Gasteiger partial charge in [0.15, 0.2) is 23.3 Å². The molecule has 0 aliphatic carbocycles. The SMILES string of the molecule is CCNC(=NCCc1nc(C(C)C)no1)N1CCN(Cc2ccc(OC)c(OC)c2)CC1.I. The van der Waals surface area contributed by atoms with Crippen LogP contribution in [0.2, 0.25) is 0 Å². The van der Waals surface area contributed by atoms with Gasteiger partial charge in [-0.25, -0.2) is 0 Å². The average molecular weight is 572 g/mol. The van der Waals surface area contributed by atoms with Gasteiger partial charge in [0.05, 0.1) is 20.8 Å². The number of piperazine rings is 1. The van der Waals surface area contributed by atoms with Crippen LogP contribution in [0, 0.1) is 0 Å². The number of nitrogens with one attached hydrogen (secondary N) is 1. The fourth-order valence-electron chi connectivity index (χ4n) is 3.64. The Bertz CT molecular complexity index is 881. The topological polar surface area (TPSA) is 88.2 Å². The molecular formula is C23H37IN6O3. The van der Waals surface area contributed by atoms with Crippen molar-refractivity contribution in [2.75, 3.05) is 53.5 Å². The molecule has 1 aromatic heterocycles. The number of hydrogen-bond donors (Lipinski definition) is 1. The lowest BCUT2D eigenvalue weighted by Crippen LogP contribution is -2.52. The van der Waals surface area contributed by atoms with Gasteiger partial charge in [-0.1, -0.05) is 25.1 Å². The predicted molar refractivity (Wildman–Crippen MR) is 140 cm³/mol. The summed E-state index contributed by atoms with van der Waals surface area (Å²) in [5, 5.41) is 7.44. The monoisotopic (exact) mass is 572 g/mol. The Morgan fingerprint density at radius 1 is 1.15 bits per heavy atom. The Hall–Kier alpha value is -2.08. The molecule has 1 N–H and O–H groups in total. The van der Waals surface area contributed by atoms with Gasteiger partial charge in [-0.2, -0.15) is 4.98 Å². The first-order valence-electron chi connectivity index (χ1n) is 11.3. The quantitative estimate of drug-likeness (QED) is 0.279. The molecule has 1 aromatic carbocycles. The number of ether oxygens (including phenoxy) is 2. The van der Waals surface area contributed by atoms with E-state index in [2.05, 4.69) is 58.2 Å². The van der Waals surface area contributed by atoms with Crippen LogP contribution in [-0.2, 0) is 13.0 Å². The number of aromatic nitrogens is 2. The zero-order chi connectivity index (χ0) is 22.9. The first-order chi connectivity index (χ1) is 15.5. The second-order valence-electron chi connectivity index (χ2n) is 8.14. The van der Waals surface area contributed by atoms with Crippen molar-refractivity contribution in [3.63, 3.8) is 0 Å². The fourth-order valence-corrected chi connectivity index (χ4v) is 3.64. The van der Waals surface area contributed by atoms with Gasteiger partial charge < -0.3 is 24.2 Å². The molecule has 1 aliphatic rings. The van der Waals surface area contributed by atoms with Crippen molar-refractivity contribution in [2.45, 2.75) is 39.7 Å². The lowest BCUT2D eigenvalue weighted by Gasteiger charge is -2.36. The van der Waals surface area contributed by atoms with Crippen molar-refractivity contribution in [3.8, 4) is 11.5 Å². The number of rotatable bonds is 9. The summed E-state index contributed by atoms with van der Waals surface area (Å²) in [7, 11) is 3.33. The Labute approximate surface area is 213 Å². The van der Waals surface area contributed by atoms with Gasteiger partial charge in [0, 0.05) is 51.6 Å². The lowest BCUT2D eigenvalue weighted by molar-refractivity contribution is 0.172. The summed E-state index contributed by atoms with van der Waals surface area (Å²) in [6.07, 6.45) is 0.647. The van der Waals surface area contributed by atoms with E-state index in [-0.39, 0.29) is 29.9 Å². The van der Waals surface area contributed by atoms with E-state index in [1.165, 1.54) is 5.56 Å². The number of benzene rings is 1. The molecule has 0 radical (unpaired) electrons. The molecular weight excluding hydrogens is 535 g/mol. The van der Waals surface area contributed by atoms with Gasteiger partial charge in [0.1, 0.15) is 0 Å². The molecule has 1 aliphatic heterocycles. The molecule has 33 heavy (non-hydrogen) atoms. The van der Waals surface area contributed by atoms with E-state index in [1.807, 2.05) is 6.07 Å². The Morgan fingerprint density at radius 3 is 2.48 bits per heavy atom. The maximum atomic E-state index is 5.43. The molecule has 0 amide bonds. The number of guanidine groups is 1. The van der Waals surface area contributed by atoms with Crippen LogP contribution in [0.25, 0.3) is 0 Å². The molecule has 2 heterocycles. The first kappa shape index (κ1) is 27.2. The van der Waals surface area contributed by atoms with E-state index in [0.717, 1.165) is 62.6 Å². The van der Waals surface area contributed by atoms with Gasteiger partial charge >= 0.3 is 0 Å². The van der Waals surface area contributed by atoms with E-state index in [9.17, 15) is 0 Å². The van der Waals surface area contributed by atoms with Crippen LogP contribution in [0.4, 0.5) is 0 Å². The van der Waals surface area contributed by atoms with Crippen molar-refractivity contribution in [2.24, 2.45) is 4.99 Å². The van der Waals surface area contributed by atoms with Gasteiger partial charge in [0.25, 0.3) is 0 Å². The molecule has 184 valence electrons. The summed E-state index contributed by atoms with van der Waals surface area (Å²) < 4.78 is 16.1. The first-order valence-corrected chi connectivity index (χ1v) is 11.3. The van der Waals surface area contributed by atoms with E-state index in [4.69, 9.17) is 19.0 Å². The van der Waals surface area contributed by atoms with Crippen molar-refractivity contribution in [1.29, 1.82) is 0 Å². The third-order valence-corrected chi connectivity index (χ3v) is 5.45. The highest BCUT2D eigenvalue weighted by Crippen LogP contribution is 2.28. The Kier molecular flexibility index (Phi) is 11.2. The highest BCUT2D eigenvalue weighted by atomic mass is 127. The summed E-state index contributed by atoms with van der Waals surface area (Å²) >= 11 is 0. The summed E-state index contributed by atoms with van der Waals surface area (Å²) in [5.74, 6) is 4.14. The minimum atomic E-state index is 0. The van der Waals surface area contributed by atoms with Crippen molar-refractivity contribution in [3.05, 3.63) is 35.5 Å². The summed E-state index contributed by atoms with van der Waals surface area (Å²) in [5.41, 5.74) is 1.22. The Morgan fingerprint density at radius 2 is 1.88 bits per heavy atom. The molecule has 1 saturated heterocycles. The van der Waals surface area contributed by atoms with Crippen LogP contribution >= 0.6 is 24.0 Å². The summed E-state index contributed by atoms with van der Waals surface area (Å²) in [6, 6.07) is 6.12. The molecule has 0 atom stereocenters. The highest BCUT2D eigenvalue weighted by molar-refractivity contribution is 14.0. The number of aliphatic imine (C=N–C) groups is 1. The zero-order valence-electron chi connectivity index (χ0n) is 20.3. The second kappa shape index (κ2) is 13.6. The number of nitrogens with zero attached hydrogens (tertiary/aromatic N) is 5. The average Bonchev–Trinajstić information content (AvgIpc) is 3.28. The number of methoxy groups -OCH3 is 2. The minimum absolute atomic E-state index is 0. The van der Waals surface area contributed by atoms with E-state index in [1.54, 1.807) is 14.2 Å². The van der Waals surface area contributed by atoms with Crippen molar-refractivity contribution in [1.82, 2.24) is 25.3 Å². The van der Waals surface area contributed by atoms with Gasteiger partial charge in [-0.05, 0) is 24.6 Å². The van der Waals surface area contributed by atoms with Crippen LogP contribution in [0.1, 0.15) is 44.0 Å². The lowest BCUT2D eigenvalue weighted by atomic mass is 10.1. The highest BCUT2D eigenvalue weighted by Gasteiger charge is 2.20. The second-order valence-corrected chi connectivity index (χ2v) is 8.14. The van der Waals surface area contributed by atoms with E-state index < -0.39 is 0 Å². The maximum Gasteiger partial charge on any atom is 0.228 e. The molecule has 9 nitrogen and oxygen atoms in total. The maximum absolute atomic E-state index is 5.43. The summed E-state index contributed by atoms with van der Waals surface area (Å²) in [6.45, 7) is 12.3. The molecule has 0 bridgehead atoms. The molecule has 3 rings (SSSR count). The van der Waals surface area contributed by atoms with Crippen LogP contribution in [0.5, 0.6) is 11.5 Å². The molecule has 1 fully saturated rings. The van der Waals surface area contributed by atoms with Crippen molar-refractivity contribution >= 4 is 29.9 Å². The minimum Gasteiger partial charge on any atom is -0.493 e. The molecule has 2 aromatic rings. The van der Waals surface area contributed by atoms with Crippen LogP contribution in [0.15, 0.2) is 27.7 Å². The van der Waals surface area contributed by atoms with Gasteiger partial charge in [0.2, 0.25) is 5.89 Å². The molecule has 10 heteroatoms. The number of hydrogen-bond acceptors (Lipinski definition) is 7. The van der Waals surface area contributed by atoms with E-state index >= 15 is 0 Å². The van der Waals surface area contributed by atoms with Gasteiger partial charge in [-0.3, -0.25) is 9.89 Å². The molecule has 0 saturated carbocycles.